The van der Waals surface area contributed by atoms with Gasteiger partial charge in [-0.1, -0.05) is 6.92 Å². The van der Waals surface area contributed by atoms with Crippen LogP contribution in [-0.4, -0.2) is 9.55 Å². The van der Waals surface area contributed by atoms with Gasteiger partial charge >= 0.3 is 0 Å². The molecule has 0 aliphatic rings. The van der Waals surface area contributed by atoms with E-state index >= 15 is 0 Å². The van der Waals surface area contributed by atoms with Crippen molar-refractivity contribution in [1.82, 2.24) is 9.55 Å². The molecule has 0 saturated carbocycles. The number of hydrogen-bond acceptors (Lipinski definition) is 1. The summed E-state index contributed by atoms with van der Waals surface area (Å²) in [7, 11) is 0. The Balaban J connectivity index is 2.87. The van der Waals surface area contributed by atoms with Crippen LogP contribution >= 0.6 is 15.9 Å². The van der Waals surface area contributed by atoms with Crippen LogP contribution in [0.5, 0.6) is 0 Å². The van der Waals surface area contributed by atoms with Crippen molar-refractivity contribution >= 4 is 15.9 Å². The Morgan fingerprint density at radius 1 is 1.70 bits per heavy atom. The van der Waals surface area contributed by atoms with E-state index in [2.05, 4.69) is 32.4 Å². The smallest absolute Gasteiger partial charge is 0.106 e. The monoisotopic (exact) mass is 202 g/mol. The molecule has 1 heterocycles. The Morgan fingerprint density at radius 2 is 2.40 bits per heavy atom. The van der Waals surface area contributed by atoms with E-state index in [0.29, 0.717) is 0 Å². The molecule has 0 radical (unpaired) electrons. The van der Waals surface area contributed by atoms with Gasteiger partial charge in [0, 0.05) is 6.54 Å². The highest BCUT2D eigenvalue weighted by Crippen LogP contribution is 2.11. The van der Waals surface area contributed by atoms with E-state index in [-0.39, 0.29) is 0 Å². The second kappa shape index (κ2) is 3.19. The summed E-state index contributed by atoms with van der Waals surface area (Å²) in [4.78, 5) is 4.15. The van der Waals surface area contributed by atoms with Gasteiger partial charge in [-0.15, -0.1) is 0 Å². The van der Waals surface area contributed by atoms with Crippen LogP contribution < -0.4 is 0 Å². The summed E-state index contributed by atoms with van der Waals surface area (Å²) >= 11 is 3.42. The largest absolute Gasteiger partial charge is 0.323 e. The molecule has 0 unspecified atom stereocenters. The molecule has 3 heteroatoms. The van der Waals surface area contributed by atoms with Gasteiger partial charge in [-0.2, -0.15) is 0 Å². The molecule has 1 rings (SSSR count). The van der Waals surface area contributed by atoms with E-state index in [0.717, 1.165) is 23.4 Å². The van der Waals surface area contributed by atoms with Crippen LogP contribution in [0.25, 0.3) is 0 Å². The molecule has 1 aromatic rings. The van der Waals surface area contributed by atoms with E-state index in [1.165, 1.54) is 0 Å². The summed E-state index contributed by atoms with van der Waals surface area (Å²) in [5, 5.41) is 0. The minimum atomic E-state index is 1.05. The van der Waals surface area contributed by atoms with Crippen LogP contribution in [0.1, 0.15) is 19.2 Å². The van der Waals surface area contributed by atoms with Crippen LogP contribution in [-0.2, 0) is 6.54 Å². The van der Waals surface area contributed by atoms with Crippen molar-refractivity contribution in [3.8, 4) is 0 Å². The van der Waals surface area contributed by atoms with Crippen molar-refractivity contribution in [1.29, 1.82) is 0 Å². The normalized spacial score (nSPS) is 10.3. The van der Waals surface area contributed by atoms with Gasteiger partial charge < -0.3 is 4.57 Å². The molecule has 0 spiro atoms. The number of halogens is 1. The number of nitrogens with zero attached hydrogens (tertiary/aromatic N) is 2. The molecule has 2 nitrogen and oxygen atoms in total. The summed E-state index contributed by atoms with van der Waals surface area (Å²) in [5.41, 5.74) is 0. The molecule has 0 fully saturated rings. The van der Waals surface area contributed by atoms with Crippen LogP contribution in [0.4, 0.5) is 0 Å². The summed E-state index contributed by atoms with van der Waals surface area (Å²) in [6.45, 7) is 5.22. The lowest BCUT2D eigenvalue weighted by Gasteiger charge is -2.02. The summed E-state index contributed by atoms with van der Waals surface area (Å²) in [6.07, 6.45) is 2.99. The van der Waals surface area contributed by atoms with E-state index in [1.807, 2.05) is 13.1 Å². The fourth-order valence-electron chi connectivity index (χ4n) is 0.933. The van der Waals surface area contributed by atoms with Gasteiger partial charge in [-0.3, -0.25) is 0 Å². The zero-order valence-electron chi connectivity index (χ0n) is 6.26. The van der Waals surface area contributed by atoms with Crippen molar-refractivity contribution in [3.05, 3.63) is 16.6 Å². The molecule has 0 aliphatic carbocycles. The second-order valence-electron chi connectivity index (χ2n) is 2.28. The maximum absolute atomic E-state index is 4.15. The molecule has 0 saturated heterocycles. The van der Waals surface area contributed by atoms with Crippen molar-refractivity contribution in [2.24, 2.45) is 0 Å². The SMILES string of the molecule is CCCn1c(Br)cnc1C. The number of rotatable bonds is 2. The third-order valence-electron chi connectivity index (χ3n) is 1.45. The predicted molar refractivity (Wildman–Crippen MR) is 45.0 cm³/mol. The zero-order valence-corrected chi connectivity index (χ0v) is 7.85. The standard InChI is InChI=1S/C7H11BrN2/c1-3-4-10-6(2)9-5-7(10)8/h5H,3-4H2,1-2H3. The first-order valence-corrected chi connectivity index (χ1v) is 4.22. The van der Waals surface area contributed by atoms with Gasteiger partial charge in [-0.05, 0) is 29.3 Å². The molecule has 0 aliphatic heterocycles. The molecular weight excluding hydrogens is 192 g/mol. The Bertz CT molecular complexity index is 198. The van der Waals surface area contributed by atoms with Crippen LogP contribution in [0.3, 0.4) is 0 Å². The van der Waals surface area contributed by atoms with Gasteiger partial charge in [0.25, 0.3) is 0 Å². The maximum atomic E-state index is 4.15. The highest BCUT2D eigenvalue weighted by atomic mass is 79.9. The Morgan fingerprint density at radius 3 is 2.80 bits per heavy atom. The lowest BCUT2D eigenvalue weighted by molar-refractivity contribution is 0.647. The lowest BCUT2D eigenvalue weighted by Crippen LogP contribution is -1.98. The van der Waals surface area contributed by atoms with Crippen LogP contribution in [0.2, 0.25) is 0 Å². The molecule has 0 aromatic carbocycles. The predicted octanol–water partition coefficient (Wildman–Crippen LogP) is 2.36. The summed E-state index contributed by atoms with van der Waals surface area (Å²) in [5.74, 6) is 1.08. The highest BCUT2D eigenvalue weighted by molar-refractivity contribution is 9.10. The first-order valence-electron chi connectivity index (χ1n) is 3.43. The summed E-state index contributed by atoms with van der Waals surface area (Å²) in [6, 6.07) is 0. The molecule has 1 aromatic heterocycles. The molecule has 0 amide bonds. The van der Waals surface area contributed by atoms with Crippen molar-refractivity contribution in [3.63, 3.8) is 0 Å². The van der Waals surface area contributed by atoms with Crippen molar-refractivity contribution in [2.75, 3.05) is 0 Å². The van der Waals surface area contributed by atoms with Gasteiger partial charge in [-0.25, -0.2) is 4.98 Å². The minimum Gasteiger partial charge on any atom is -0.323 e. The molecule has 10 heavy (non-hydrogen) atoms. The van der Waals surface area contributed by atoms with Gasteiger partial charge in [0.2, 0.25) is 0 Å². The van der Waals surface area contributed by atoms with Crippen molar-refractivity contribution in [2.45, 2.75) is 26.8 Å². The first-order chi connectivity index (χ1) is 4.75. The van der Waals surface area contributed by atoms with E-state index in [1.54, 1.807) is 0 Å². The molecule has 0 atom stereocenters. The number of aryl methyl sites for hydroxylation is 1. The van der Waals surface area contributed by atoms with Gasteiger partial charge in [0.05, 0.1) is 6.20 Å². The van der Waals surface area contributed by atoms with Crippen LogP contribution in [0, 0.1) is 6.92 Å². The Labute approximate surface area is 69.4 Å². The molecule has 0 N–H and O–H groups in total. The van der Waals surface area contributed by atoms with E-state index in [9.17, 15) is 0 Å². The van der Waals surface area contributed by atoms with Gasteiger partial charge in [0.15, 0.2) is 0 Å². The number of imidazole rings is 1. The average molecular weight is 203 g/mol. The van der Waals surface area contributed by atoms with E-state index in [4.69, 9.17) is 0 Å². The second-order valence-corrected chi connectivity index (χ2v) is 3.09. The van der Waals surface area contributed by atoms with Crippen LogP contribution in [0.15, 0.2) is 10.8 Å². The molecule has 56 valence electrons. The fourth-order valence-corrected chi connectivity index (χ4v) is 1.47. The highest BCUT2D eigenvalue weighted by Gasteiger charge is 2.00. The maximum Gasteiger partial charge on any atom is 0.106 e. The minimum absolute atomic E-state index is 1.05. The van der Waals surface area contributed by atoms with E-state index < -0.39 is 0 Å². The lowest BCUT2D eigenvalue weighted by atomic mass is 10.5. The summed E-state index contributed by atoms with van der Waals surface area (Å²) < 4.78 is 3.23. The average Bonchev–Trinajstić information content (AvgIpc) is 2.20. The zero-order chi connectivity index (χ0) is 7.56. The third-order valence-corrected chi connectivity index (χ3v) is 2.09. The Kier molecular flexibility index (Phi) is 2.49. The van der Waals surface area contributed by atoms with Crippen molar-refractivity contribution < 1.29 is 0 Å². The Hall–Kier alpha value is -0.310. The number of hydrogen-bond donors (Lipinski definition) is 0. The molecule has 0 bridgehead atoms. The third kappa shape index (κ3) is 1.40. The number of aromatic nitrogens is 2. The molecular formula is C7H11BrN2. The fraction of sp³-hybridized carbons (Fsp3) is 0.571. The first kappa shape index (κ1) is 7.79. The van der Waals surface area contributed by atoms with Gasteiger partial charge in [0.1, 0.15) is 10.4 Å². The quantitative estimate of drug-likeness (QED) is 0.721. The topological polar surface area (TPSA) is 17.8 Å².